The molecule has 3 aliphatic carbocycles. The van der Waals surface area contributed by atoms with Crippen LogP contribution in [0.3, 0.4) is 0 Å². The van der Waals surface area contributed by atoms with Gasteiger partial charge < -0.3 is 15.2 Å². The zero-order valence-electron chi connectivity index (χ0n) is 39.6. The van der Waals surface area contributed by atoms with Gasteiger partial charge in [-0.05, 0) is 135 Å². The average Bonchev–Trinajstić information content (AvgIpc) is 3.97. The van der Waals surface area contributed by atoms with E-state index in [1.165, 1.54) is 78.1 Å². The molecule has 4 atom stereocenters. The van der Waals surface area contributed by atoms with Crippen LogP contribution in [0.15, 0.2) is 245 Å². The van der Waals surface area contributed by atoms with E-state index in [4.69, 9.17) is 9.98 Å². The molecule has 71 heavy (non-hydrogen) atoms. The maximum atomic E-state index is 5.62. The van der Waals surface area contributed by atoms with Gasteiger partial charge in [0.25, 0.3) is 0 Å². The predicted molar refractivity (Wildman–Crippen MR) is 295 cm³/mol. The summed E-state index contributed by atoms with van der Waals surface area (Å²) in [4.78, 5) is 11.2. The summed E-state index contributed by atoms with van der Waals surface area (Å²) in [6.07, 6.45) is 17.3. The van der Waals surface area contributed by atoms with E-state index in [0.29, 0.717) is 11.8 Å². The lowest BCUT2D eigenvalue weighted by Crippen LogP contribution is -2.35. The van der Waals surface area contributed by atoms with Gasteiger partial charge in [-0.1, -0.05) is 182 Å². The van der Waals surface area contributed by atoms with Gasteiger partial charge in [0, 0.05) is 39.2 Å². The second kappa shape index (κ2) is 16.9. The lowest BCUT2D eigenvalue weighted by atomic mass is 9.74. The minimum absolute atomic E-state index is 0.0507. The molecular formula is C66H51N5. The van der Waals surface area contributed by atoms with Crippen molar-refractivity contribution in [2.75, 3.05) is 0 Å². The van der Waals surface area contributed by atoms with Crippen LogP contribution in [0, 0.1) is 18.8 Å². The number of allylic oxidation sites excluding steroid dienone is 6. The van der Waals surface area contributed by atoms with Gasteiger partial charge in [-0.15, -0.1) is 0 Å². The molecule has 340 valence electrons. The van der Waals surface area contributed by atoms with E-state index < -0.39 is 6.17 Å². The van der Waals surface area contributed by atoms with Gasteiger partial charge in [0.15, 0.2) is 5.84 Å². The van der Waals surface area contributed by atoms with Gasteiger partial charge >= 0.3 is 0 Å². The Hall–Kier alpha value is -8.54. The van der Waals surface area contributed by atoms with Crippen molar-refractivity contribution in [1.82, 2.24) is 15.2 Å². The van der Waals surface area contributed by atoms with Crippen molar-refractivity contribution in [2.24, 2.45) is 21.8 Å². The van der Waals surface area contributed by atoms with Crippen molar-refractivity contribution in [3.63, 3.8) is 0 Å². The molecule has 0 bridgehead atoms. The second-order valence-corrected chi connectivity index (χ2v) is 19.7. The van der Waals surface area contributed by atoms with Gasteiger partial charge in [-0.25, -0.2) is 9.98 Å². The molecule has 14 rings (SSSR count). The Balaban J connectivity index is 0.978. The average molecular weight is 914 g/mol. The minimum atomic E-state index is -0.401. The van der Waals surface area contributed by atoms with Crippen LogP contribution < -0.4 is 10.6 Å². The van der Waals surface area contributed by atoms with Gasteiger partial charge in [-0.3, -0.25) is 0 Å². The summed E-state index contributed by atoms with van der Waals surface area (Å²) in [6, 6.07) is 65.9. The first kappa shape index (κ1) is 41.4. The number of aryl methyl sites for hydroxylation is 1. The largest absolute Gasteiger partial charge is 0.377 e. The van der Waals surface area contributed by atoms with E-state index in [0.717, 1.165) is 57.7 Å². The second-order valence-electron chi connectivity index (χ2n) is 19.7. The number of nitrogens with one attached hydrogen (secondary N) is 2. The van der Waals surface area contributed by atoms with Gasteiger partial charge in [0.05, 0.1) is 17.1 Å². The fourth-order valence-corrected chi connectivity index (χ4v) is 12.1. The third kappa shape index (κ3) is 7.06. The third-order valence-electron chi connectivity index (χ3n) is 15.6. The highest BCUT2D eigenvalue weighted by molar-refractivity contribution is 6.17. The lowest BCUT2D eigenvalue weighted by molar-refractivity contribution is 0.526. The molecule has 8 aromatic carbocycles. The zero-order chi connectivity index (χ0) is 47.0. The number of hydrogen-bond acceptors (Lipinski definition) is 4. The van der Waals surface area contributed by atoms with Crippen molar-refractivity contribution in [3.05, 3.63) is 263 Å². The Morgan fingerprint density at radius 1 is 0.620 bits per heavy atom. The van der Waals surface area contributed by atoms with E-state index in [2.05, 4.69) is 241 Å². The number of nitrogens with zero attached hydrogens (tertiary/aromatic N) is 3. The summed E-state index contributed by atoms with van der Waals surface area (Å²) < 4.78 is 2.50. The van der Waals surface area contributed by atoms with Crippen LogP contribution in [-0.4, -0.2) is 22.3 Å². The highest BCUT2D eigenvalue weighted by Gasteiger charge is 2.40. The van der Waals surface area contributed by atoms with E-state index in [1.807, 2.05) is 0 Å². The van der Waals surface area contributed by atoms with Crippen LogP contribution in [-0.2, 0) is 0 Å². The minimum Gasteiger partial charge on any atom is -0.377 e. The number of aliphatic imine (C=N–C) groups is 2. The van der Waals surface area contributed by atoms with Crippen LogP contribution >= 0.6 is 0 Å². The van der Waals surface area contributed by atoms with Gasteiger partial charge in [0.2, 0.25) is 0 Å². The number of aromatic nitrogens is 1. The smallest absolute Gasteiger partial charge is 0.160 e. The Labute approximate surface area is 414 Å². The molecule has 2 N–H and O–H groups in total. The maximum Gasteiger partial charge on any atom is 0.160 e. The molecule has 5 heteroatoms. The van der Waals surface area contributed by atoms with E-state index in [1.54, 1.807) is 0 Å². The predicted octanol–water partition coefficient (Wildman–Crippen LogP) is 15.2. The van der Waals surface area contributed by atoms with Crippen LogP contribution in [0.4, 0.5) is 0 Å². The van der Waals surface area contributed by atoms with Gasteiger partial charge in [-0.2, -0.15) is 0 Å². The topological polar surface area (TPSA) is 53.7 Å². The highest BCUT2D eigenvalue weighted by atomic mass is 15.2. The standard InChI is InChI=1S/C66H51N5/c1-41-16-14-29-54-59-37-47-22-9-11-24-49(47)39-61(59)71(63(41)54)50-34-35-56(57(40-50)52-27-15-28-53-58-36-46-21-8-10-23-48(46)38-60(58)67-62(52)53)66-69-64(45-32-30-43(31-33-45)42-17-4-2-5-18-42)68-65(70-66)55-26-13-12-25-51(55)44-19-6-3-7-20-44/h2-7,9-20,22-35,37-40,46,53,62,64,67H,8,21,36H2,1H3,(H,68,69,70). The fraction of sp³-hybridized carbons (Fsp3) is 0.121. The van der Waals surface area contributed by atoms with Crippen LogP contribution in [0.5, 0.6) is 0 Å². The highest BCUT2D eigenvalue weighted by Crippen LogP contribution is 2.47. The molecular weight excluding hydrogens is 863 g/mol. The summed E-state index contributed by atoms with van der Waals surface area (Å²) in [6.45, 7) is 2.24. The molecule has 1 aromatic heterocycles. The maximum absolute atomic E-state index is 5.62. The van der Waals surface area contributed by atoms with Crippen molar-refractivity contribution in [3.8, 4) is 27.9 Å². The number of para-hydroxylation sites is 1. The zero-order valence-corrected chi connectivity index (χ0v) is 39.6. The first-order valence-corrected chi connectivity index (χ1v) is 25.2. The summed E-state index contributed by atoms with van der Waals surface area (Å²) in [5.41, 5.74) is 19.1. The quantitative estimate of drug-likeness (QED) is 0.167. The Kier molecular flexibility index (Phi) is 9.83. The fourth-order valence-electron chi connectivity index (χ4n) is 12.1. The van der Waals surface area contributed by atoms with E-state index in [9.17, 15) is 0 Å². The molecule has 0 fully saturated rings. The first-order valence-electron chi connectivity index (χ1n) is 25.2. The van der Waals surface area contributed by atoms with E-state index >= 15 is 0 Å². The summed E-state index contributed by atoms with van der Waals surface area (Å²) in [5.74, 6) is 2.31. The van der Waals surface area contributed by atoms with Gasteiger partial charge in [0.1, 0.15) is 12.0 Å². The summed E-state index contributed by atoms with van der Waals surface area (Å²) in [7, 11) is 0. The molecule has 0 radical (unpaired) electrons. The van der Waals surface area contributed by atoms with Crippen LogP contribution in [0.25, 0.3) is 66.1 Å². The number of amidine groups is 2. The van der Waals surface area contributed by atoms with Crippen molar-refractivity contribution in [1.29, 1.82) is 0 Å². The van der Waals surface area contributed by atoms with Crippen LogP contribution in [0.2, 0.25) is 0 Å². The van der Waals surface area contributed by atoms with Crippen LogP contribution in [0.1, 0.15) is 53.2 Å². The molecule has 3 heterocycles. The molecule has 0 saturated heterocycles. The van der Waals surface area contributed by atoms with Crippen molar-refractivity contribution in [2.45, 2.75) is 38.4 Å². The Bertz CT molecular complexity index is 3860. The molecule has 4 unspecified atom stereocenters. The summed E-state index contributed by atoms with van der Waals surface area (Å²) >= 11 is 0. The number of fused-ring (bicyclic) bond motifs is 7. The molecule has 9 aromatic rings. The monoisotopic (exact) mass is 913 g/mol. The third-order valence-corrected chi connectivity index (χ3v) is 15.6. The number of benzene rings is 8. The molecule has 0 saturated carbocycles. The lowest BCUT2D eigenvalue weighted by Gasteiger charge is -2.30. The molecule has 0 amide bonds. The molecule has 5 aliphatic rings. The first-order chi connectivity index (χ1) is 35.1. The number of hydrogen-bond donors (Lipinski definition) is 2. The Morgan fingerprint density at radius 3 is 2.20 bits per heavy atom. The Morgan fingerprint density at radius 2 is 1.37 bits per heavy atom. The number of rotatable bonds is 7. The SMILES string of the molecule is Cc1cccc2c3cc4ccccc4cc3n(-c3ccc(C4=NC(c5ccc(-c6ccccc6)cc5)NC(c5ccccc5-c5ccccc5)=N4)c(C4=CC=CC5C6=C(C=C7C=CCCC7C6)NC45)c3)c12. The van der Waals surface area contributed by atoms with E-state index in [-0.39, 0.29) is 12.0 Å². The summed E-state index contributed by atoms with van der Waals surface area (Å²) in [5, 5.41) is 12.9. The van der Waals surface area contributed by atoms with Crippen molar-refractivity contribution >= 4 is 49.8 Å². The van der Waals surface area contributed by atoms with Crippen molar-refractivity contribution < 1.29 is 0 Å². The normalized spacial score (nSPS) is 20.1. The molecule has 0 spiro atoms. The molecule has 5 nitrogen and oxygen atoms in total. The molecule has 2 aliphatic heterocycles.